The molecule has 0 bridgehead atoms. The summed E-state index contributed by atoms with van der Waals surface area (Å²) in [6.45, 7) is 2.01. The van der Waals surface area contributed by atoms with E-state index in [0.29, 0.717) is 0 Å². The molecule has 21 heavy (non-hydrogen) atoms. The highest BCUT2D eigenvalue weighted by atomic mass is 16.6. The first-order valence-electron chi connectivity index (χ1n) is 7.26. The van der Waals surface area contributed by atoms with Gasteiger partial charge >= 0.3 is 0 Å². The maximum atomic E-state index is 6.50. The molecule has 0 aliphatic carbocycles. The minimum atomic E-state index is -0.538. The molecule has 0 saturated heterocycles. The lowest BCUT2D eigenvalue weighted by Gasteiger charge is -2.29. The van der Waals surface area contributed by atoms with Gasteiger partial charge in [-0.05, 0) is 18.1 Å². The van der Waals surface area contributed by atoms with Gasteiger partial charge in [0.05, 0.1) is 11.3 Å². The number of hydrogen-bond donors (Lipinski definition) is 1. The zero-order valence-electron chi connectivity index (χ0n) is 12.2. The summed E-state index contributed by atoms with van der Waals surface area (Å²) in [4.78, 5) is 5.62. The molecule has 108 valence electrons. The Morgan fingerprint density at radius 1 is 1.10 bits per heavy atom. The van der Waals surface area contributed by atoms with Gasteiger partial charge in [0.2, 0.25) is 0 Å². The molecule has 1 heterocycles. The molecule has 2 aromatic carbocycles. The molecule has 0 radical (unpaired) electrons. The molecular formula is C18H20N2O. The average Bonchev–Trinajstić information content (AvgIpc) is 2.98. The van der Waals surface area contributed by atoms with Crippen molar-refractivity contribution in [3.63, 3.8) is 0 Å². The second kappa shape index (κ2) is 5.70. The summed E-state index contributed by atoms with van der Waals surface area (Å²) in [5.41, 5.74) is 9.34. The summed E-state index contributed by atoms with van der Waals surface area (Å²) in [6.07, 6.45) is 1.48. The summed E-state index contributed by atoms with van der Waals surface area (Å²) in [7, 11) is 0. The second-order valence-electron chi connectivity index (χ2n) is 5.77. The summed E-state index contributed by atoms with van der Waals surface area (Å²) >= 11 is 0. The zero-order chi connectivity index (χ0) is 14.7. The lowest BCUT2D eigenvalue weighted by molar-refractivity contribution is 0.0300. The minimum Gasteiger partial charge on any atom is -0.390 e. The molecule has 3 rings (SSSR count). The van der Waals surface area contributed by atoms with E-state index in [-0.39, 0.29) is 6.10 Å². The predicted molar refractivity (Wildman–Crippen MR) is 85.1 cm³/mol. The van der Waals surface area contributed by atoms with Crippen LogP contribution in [-0.2, 0) is 16.8 Å². The van der Waals surface area contributed by atoms with Crippen molar-refractivity contribution in [1.29, 1.82) is 0 Å². The van der Waals surface area contributed by atoms with E-state index in [1.807, 2.05) is 55.5 Å². The zero-order valence-corrected chi connectivity index (χ0v) is 12.2. The fourth-order valence-corrected chi connectivity index (χ4v) is 2.67. The number of nitrogens with zero attached hydrogens (tertiary/aromatic N) is 1. The molecule has 2 atom stereocenters. The monoisotopic (exact) mass is 280 g/mol. The Hall–Kier alpha value is -2.13. The van der Waals surface area contributed by atoms with E-state index in [0.717, 1.165) is 24.1 Å². The van der Waals surface area contributed by atoms with E-state index in [1.54, 1.807) is 0 Å². The molecule has 0 aromatic heterocycles. The van der Waals surface area contributed by atoms with E-state index in [4.69, 9.17) is 10.6 Å². The molecule has 1 aliphatic heterocycles. The van der Waals surface area contributed by atoms with E-state index in [2.05, 4.69) is 17.3 Å². The molecule has 2 aromatic rings. The second-order valence-corrected chi connectivity index (χ2v) is 5.77. The molecular weight excluding hydrogens is 260 g/mol. The van der Waals surface area contributed by atoms with E-state index < -0.39 is 5.54 Å². The van der Waals surface area contributed by atoms with Gasteiger partial charge < -0.3 is 10.6 Å². The first kappa shape index (κ1) is 13.8. The summed E-state index contributed by atoms with van der Waals surface area (Å²) < 4.78 is 0. The first-order valence-corrected chi connectivity index (χ1v) is 7.26. The standard InChI is InChI=1S/C18H20N2O/c1-18(19,15-10-6-3-7-11-15)17-13-16(20-21-17)12-14-8-4-2-5-9-14/h2-11,17H,12-13,19H2,1H3. The van der Waals surface area contributed by atoms with Crippen LogP contribution < -0.4 is 5.73 Å². The van der Waals surface area contributed by atoms with Crippen LogP contribution in [0.3, 0.4) is 0 Å². The molecule has 0 spiro atoms. The maximum absolute atomic E-state index is 6.50. The van der Waals surface area contributed by atoms with Crippen molar-refractivity contribution < 1.29 is 4.84 Å². The molecule has 2 N–H and O–H groups in total. The molecule has 2 unspecified atom stereocenters. The van der Waals surface area contributed by atoms with Crippen molar-refractivity contribution in [2.45, 2.75) is 31.4 Å². The van der Waals surface area contributed by atoms with Gasteiger partial charge in [-0.25, -0.2) is 0 Å². The fourth-order valence-electron chi connectivity index (χ4n) is 2.67. The smallest absolute Gasteiger partial charge is 0.154 e. The van der Waals surface area contributed by atoms with Crippen molar-refractivity contribution in [2.24, 2.45) is 10.9 Å². The molecule has 0 amide bonds. The Morgan fingerprint density at radius 3 is 2.38 bits per heavy atom. The Labute approximate surface area is 125 Å². The molecule has 0 saturated carbocycles. The fraction of sp³-hybridized carbons (Fsp3) is 0.278. The Balaban J connectivity index is 1.68. The van der Waals surface area contributed by atoms with Crippen LogP contribution in [-0.4, -0.2) is 11.8 Å². The predicted octanol–water partition coefficient (Wildman–Crippen LogP) is 3.25. The van der Waals surface area contributed by atoms with Crippen LogP contribution in [0.5, 0.6) is 0 Å². The van der Waals surface area contributed by atoms with Crippen molar-refractivity contribution in [1.82, 2.24) is 0 Å². The highest BCUT2D eigenvalue weighted by molar-refractivity contribution is 5.87. The Bertz CT molecular complexity index is 620. The van der Waals surface area contributed by atoms with E-state index >= 15 is 0 Å². The van der Waals surface area contributed by atoms with Gasteiger partial charge in [-0.15, -0.1) is 0 Å². The van der Waals surface area contributed by atoms with E-state index in [1.165, 1.54) is 5.56 Å². The normalized spacial score (nSPS) is 20.5. The number of nitrogens with two attached hydrogens (primary N) is 1. The summed E-state index contributed by atoms with van der Waals surface area (Å²) in [5, 5.41) is 4.24. The Kier molecular flexibility index (Phi) is 3.76. The largest absolute Gasteiger partial charge is 0.390 e. The van der Waals surface area contributed by atoms with Crippen LogP contribution in [0.1, 0.15) is 24.5 Å². The van der Waals surface area contributed by atoms with Gasteiger partial charge in [-0.2, -0.15) is 0 Å². The third-order valence-corrected chi connectivity index (χ3v) is 4.05. The maximum Gasteiger partial charge on any atom is 0.154 e. The number of rotatable bonds is 4. The number of hydrogen-bond acceptors (Lipinski definition) is 3. The van der Waals surface area contributed by atoms with Gasteiger partial charge in [0.25, 0.3) is 0 Å². The van der Waals surface area contributed by atoms with Crippen molar-refractivity contribution in [2.75, 3.05) is 0 Å². The number of benzene rings is 2. The van der Waals surface area contributed by atoms with E-state index in [9.17, 15) is 0 Å². The summed E-state index contributed by atoms with van der Waals surface area (Å²) in [5.74, 6) is 0. The third-order valence-electron chi connectivity index (χ3n) is 4.05. The number of oxime groups is 1. The quantitative estimate of drug-likeness (QED) is 0.934. The highest BCUT2D eigenvalue weighted by Gasteiger charge is 2.38. The van der Waals surface area contributed by atoms with Gasteiger partial charge in [0.15, 0.2) is 6.10 Å². The van der Waals surface area contributed by atoms with Crippen LogP contribution in [0.4, 0.5) is 0 Å². The SMILES string of the molecule is CC(N)(c1ccccc1)C1CC(Cc2ccccc2)=NO1. The van der Waals surface area contributed by atoms with Crippen LogP contribution >= 0.6 is 0 Å². The molecule has 1 aliphatic rings. The van der Waals surface area contributed by atoms with Gasteiger partial charge in [-0.1, -0.05) is 65.8 Å². The van der Waals surface area contributed by atoms with Gasteiger partial charge in [0, 0.05) is 12.8 Å². The van der Waals surface area contributed by atoms with Gasteiger partial charge in [0.1, 0.15) is 0 Å². The van der Waals surface area contributed by atoms with Crippen LogP contribution in [0.2, 0.25) is 0 Å². The van der Waals surface area contributed by atoms with Crippen LogP contribution in [0, 0.1) is 0 Å². The first-order chi connectivity index (χ1) is 10.2. The van der Waals surface area contributed by atoms with Crippen molar-refractivity contribution >= 4 is 5.71 Å². The molecule has 3 heteroatoms. The van der Waals surface area contributed by atoms with Gasteiger partial charge in [-0.3, -0.25) is 0 Å². The average molecular weight is 280 g/mol. The minimum absolute atomic E-state index is 0.112. The lowest BCUT2D eigenvalue weighted by Crippen LogP contribution is -2.45. The molecule has 0 fully saturated rings. The molecule has 3 nitrogen and oxygen atoms in total. The van der Waals surface area contributed by atoms with Crippen LogP contribution in [0.15, 0.2) is 65.8 Å². The lowest BCUT2D eigenvalue weighted by atomic mass is 9.84. The Morgan fingerprint density at radius 2 is 1.71 bits per heavy atom. The summed E-state index contributed by atoms with van der Waals surface area (Å²) in [6, 6.07) is 20.4. The van der Waals surface area contributed by atoms with Crippen molar-refractivity contribution in [3.8, 4) is 0 Å². The topological polar surface area (TPSA) is 47.6 Å². The third kappa shape index (κ3) is 2.98. The highest BCUT2D eigenvalue weighted by Crippen LogP contribution is 2.30. The van der Waals surface area contributed by atoms with Crippen LogP contribution in [0.25, 0.3) is 0 Å². The van der Waals surface area contributed by atoms with Crippen molar-refractivity contribution in [3.05, 3.63) is 71.8 Å².